The van der Waals surface area contributed by atoms with Gasteiger partial charge in [0.1, 0.15) is 4.32 Å². The number of methoxy groups -OCH3 is 2. The number of hydrazine groups is 1. The number of hydrogen-bond donors (Lipinski definition) is 1. The summed E-state index contributed by atoms with van der Waals surface area (Å²) in [4.78, 5) is 27.0. The van der Waals surface area contributed by atoms with Crippen LogP contribution in [0.2, 0.25) is 0 Å². The van der Waals surface area contributed by atoms with E-state index in [1.807, 2.05) is 11.1 Å². The highest BCUT2D eigenvalue weighted by Crippen LogP contribution is 2.34. The number of nitrogens with zero attached hydrogens (tertiary/aromatic N) is 2. The Morgan fingerprint density at radius 1 is 1.27 bits per heavy atom. The summed E-state index contributed by atoms with van der Waals surface area (Å²) in [6.07, 6.45) is 2.64. The van der Waals surface area contributed by atoms with Crippen LogP contribution in [-0.4, -0.2) is 73.1 Å². The van der Waals surface area contributed by atoms with Crippen LogP contribution < -0.4 is 14.9 Å². The molecule has 1 aromatic rings. The fraction of sp³-hybridized carbons (Fsp3) is 0.450. The molecule has 0 radical (unpaired) electrons. The van der Waals surface area contributed by atoms with Crippen LogP contribution >= 0.6 is 24.0 Å². The summed E-state index contributed by atoms with van der Waals surface area (Å²) in [5, 5.41) is 1.86. The Balaban J connectivity index is 1.54. The van der Waals surface area contributed by atoms with Crippen LogP contribution in [0.5, 0.6) is 11.5 Å². The van der Waals surface area contributed by atoms with Gasteiger partial charge in [0.2, 0.25) is 5.91 Å². The van der Waals surface area contributed by atoms with E-state index in [0.29, 0.717) is 66.4 Å². The van der Waals surface area contributed by atoms with Crippen LogP contribution in [0.3, 0.4) is 0 Å². The number of carbonyl (C=O) groups is 2. The number of rotatable bonds is 8. The van der Waals surface area contributed by atoms with Gasteiger partial charge in [-0.2, -0.15) is 0 Å². The largest absolute Gasteiger partial charge is 0.493 e. The summed E-state index contributed by atoms with van der Waals surface area (Å²) in [5.41, 5.74) is 3.69. The van der Waals surface area contributed by atoms with Gasteiger partial charge in [0.25, 0.3) is 5.91 Å². The van der Waals surface area contributed by atoms with Gasteiger partial charge in [-0.25, -0.2) is 5.01 Å². The smallest absolute Gasteiger partial charge is 0.266 e. The Bertz CT molecular complexity index is 840. The average molecular weight is 452 g/mol. The highest BCUT2D eigenvalue weighted by Gasteiger charge is 2.31. The second-order valence-corrected chi connectivity index (χ2v) is 8.36. The van der Waals surface area contributed by atoms with Crippen molar-refractivity contribution in [1.29, 1.82) is 0 Å². The van der Waals surface area contributed by atoms with Gasteiger partial charge in [-0.15, -0.1) is 0 Å². The second-order valence-electron chi connectivity index (χ2n) is 6.69. The van der Waals surface area contributed by atoms with E-state index >= 15 is 0 Å². The number of hydrogen-bond acceptors (Lipinski definition) is 8. The van der Waals surface area contributed by atoms with Gasteiger partial charge in [-0.3, -0.25) is 19.9 Å². The molecule has 0 spiro atoms. The lowest BCUT2D eigenvalue weighted by atomic mass is 10.2. The van der Waals surface area contributed by atoms with Crippen LogP contribution in [0.25, 0.3) is 6.08 Å². The molecule has 0 atom stereocenters. The summed E-state index contributed by atoms with van der Waals surface area (Å²) >= 11 is 6.63. The van der Waals surface area contributed by atoms with Crippen molar-refractivity contribution in [3.63, 3.8) is 0 Å². The number of amides is 2. The molecule has 2 fully saturated rings. The monoisotopic (exact) mass is 451 g/mol. The van der Waals surface area contributed by atoms with Crippen molar-refractivity contribution >= 4 is 46.2 Å². The number of benzene rings is 1. The standard InChI is InChI=1S/C20H25N3O5S2/c1-26-15-6-5-14(12-16(15)27-2)13-17-19(25)23(20(29)30-17)7-3-4-18(24)21-22-8-10-28-11-9-22/h5-6,12-13H,3-4,7-11H2,1-2H3,(H,21,24). The van der Waals surface area contributed by atoms with Crippen molar-refractivity contribution in [3.05, 3.63) is 28.7 Å². The molecule has 0 bridgehead atoms. The zero-order valence-corrected chi connectivity index (χ0v) is 18.6. The molecule has 10 heteroatoms. The van der Waals surface area contributed by atoms with Crippen molar-refractivity contribution in [2.24, 2.45) is 0 Å². The first-order valence-corrected chi connectivity index (χ1v) is 10.8. The highest BCUT2D eigenvalue weighted by atomic mass is 32.2. The molecular formula is C20H25N3O5S2. The topological polar surface area (TPSA) is 80.3 Å². The minimum atomic E-state index is -0.145. The van der Waals surface area contributed by atoms with Crippen molar-refractivity contribution in [2.45, 2.75) is 12.8 Å². The van der Waals surface area contributed by atoms with Gasteiger partial charge in [-0.05, 0) is 30.2 Å². The van der Waals surface area contributed by atoms with Gasteiger partial charge in [0.05, 0.1) is 32.3 Å². The first-order valence-electron chi connectivity index (χ1n) is 9.61. The Hall–Kier alpha value is -2.14. The van der Waals surface area contributed by atoms with Crippen molar-refractivity contribution in [3.8, 4) is 11.5 Å². The number of thioether (sulfide) groups is 1. The molecule has 3 rings (SSSR count). The lowest BCUT2D eigenvalue weighted by Gasteiger charge is -2.27. The molecule has 0 aromatic heterocycles. The minimum Gasteiger partial charge on any atom is -0.493 e. The quantitative estimate of drug-likeness (QED) is 0.475. The molecule has 0 saturated carbocycles. The molecule has 0 unspecified atom stereocenters. The maximum atomic E-state index is 12.8. The second kappa shape index (κ2) is 10.8. The first kappa shape index (κ1) is 22.5. The Morgan fingerprint density at radius 3 is 2.70 bits per heavy atom. The Labute approximate surface area is 185 Å². The zero-order valence-electron chi connectivity index (χ0n) is 17.0. The Morgan fingerprint density at radius 2 is 2.00 bits per heavy atom. The summed E-state index contributed by atoms with van der Waals surface area (Å²) in [6, 6.07) is 5.45. The summed E-state index contributed by atoms with van der Waals surface area (Å²) < 4.78 is 16.3. The van der Waals surface area contributed by atoms with E-state index in [0.717, 1.165) is 5.56 Å². The predicted octanol–water partition coefficient (Wildman–Crippen LogP) is 2.05. The molecule has 2 saturated heterocycles. The molecule has 0 aliphatic carbocycles. The fourth-order valence-corrected chi connectivity index (χ4v) is 4.40. The minimum absolute atomic E-state index is 0.0665. The first-order chi connectivity index (χ1) is 14.5. The fourth-order valence-electron chi connectivity index (χ4n) is 3.09. The third-order valence-electron chi connectivity index (χ3n) is 4.66. The number of morpholine rings is 1. The lowest BCUT2D eigenvalue weighted by molar-refractivity contribution is -0.128. The average Bonchev–Trinajstić information content (AvgIpc) is 3.01. The molecule has 2 aliphatic rings. The molecule has 162 valence electrons. The molecule has 8 nitrogen and oxygen atoms in total. The van der Waals surface area contributed by atoms with Crippen LogP contribution in [0, 0.1) is 0 Å². The Kier molecular flexibility index (Phi) is 8.08. The zero-order chi connectivity index (χ0) is 21.5. The van der Waals surface area contributed by atoms with E-state index in [-0.39, 0.29) is 11.8 Å². The van der Waals surface area contributed by atoms with Crippen molar-refractivity contribution < 1.29 is 23.8 Å². The molecule has 2 amide bonds. The number of thiocarbonyl (C=S) groups is 1. The van der Waals surface area contributed by atoms with Gasteiger partial charge < -0.3 is 14.2 Å². The number of ether oxygens (including phenoxy) is 3. The van der Waals surface area contributed by atoms with E-state index in [1.54, 1.807) is 37.3 Å². The van der Waals surface area contributed by atoms with Crippen molar-refractivity contribution in [2.75, 3.05) is 47.1 Å². The van der Waals surface area contributed by atoms with E-state index < -0.39 is 0 Å². The summed E-state index contributed by atoms with van der Waals surface area (Å²) in [5.74, 6) is 1.00. The molecular weight excluding hydrogens is 426 g/mol. The molecule has 1 N–H and O–H groups in total. The van der Waals surface area contributed by atoms with E-state index in [9.17, 15) is 9.59 Å². The van der Waals surface area contributed by atoms with Gasteiger partial charge >= 0.3 is 0 Å². The van der Waals surface area contributed by atoms with Crippen LogP contribution in [0.15, 0.2) is 23.1 Å². The van der Waals surface area contributed by atoms with Crippen molar-refractivity contribution in [1.82, 2.24) is 15.3 Å². The SMILES string of the molecule is COc1ccc(C=C2SC(=S)N(CCCC(=O)NN3CCOCC3)C2=O)cc1OC. The van der Waals surface area contributed by atoms with Crippen LogP contribution in [0.4, 0.5) is 0 Å². The normalized spacial score (nSPS) is 18.7. The van der Waals surface area contributed by atoms with E-state index in [4.69, 9.17) is 26.4 Å². The highest BCUT2D eigenvalue weighted by molar-refractivity contribution is 8.26. The summed E-state index contributed by atoms with van der Waals surface area (Å²) in [7, 11) is 3.14. The molecule has 30 heavy (non-hydrogen) atoms. The number of nitrogens with one attached hydrogen (secondary N) is 1. The summed E-state index contributed by atoms with van der Waals surface area (Å²) in [6.45, 7) is 3.00. The third-order valence-corrected chi connectivity index (χ3v) is 6.04. The molecule has 1 aromatic carbocycles. The maximum Gasteiger partial charge on any atom is 0.266 e. The van der Waals surface area contributed by atoms with Gasteiger partial charge in [0.15, 0.2) is 11.5 Å². The van der Waals surface area contributed by atoms with Crippen LogP contribution in [-0.2, 0) is 14.3 Å². The van der Waals surface area contributed by atoms with Gasteiger partial charge in [0, 0.05) is 26.1 Å². The lowest BCUT2D eigenvalue weighted by Crippen LogP contribution is -2.48. The predicted molar refractivity (Wildman–Crippen MR) is 119 cm³/mol. The molecule has 2 aliphatic heterocycles. The van der Waals surface area contributed by atoms with Gasteiger partial charge in [-0.1, -0.05) is 30.0 Å². The van der Waals surface area contributed by atoms with E-state index in [2.05, 4.69) is 5.43 Å². The third kappa shape index (κ3) is 5.72. The van der Waals surface area contributed by atoms with Crippen LogP contribution in [0.1, 0.15) is 18.4 Å². The maximum absolute atomic E-state index is 12.8. The molecule has 2 heterocycles. The number of carbonyl (C=O) groups excluding carboxylic acids is 2. The van der Waals surface area contributed by atoms with E-state index in [1.165, 1.54) is 11.8 Å².